The summed E-state index contributed by atoms with van der Waals surface area (Å²) in [5.41, 5.74) is -0.467. The van der Waals surface area contributed by atoms with Crippen molar-refractivity contribution in [3.8, 4) is 0 Å². The van der Waals surface area contributed by atoms with Gasteiger partial charge >= 0.3 is 6.09 Å². The maximum absolute atomic E-state index is 12.5. The number of carbonyl (C=O) groups is 1. The molecule has 3 rings (SSSR count). The van der Waals surface area contributed by atoms with Gasteiger partial charge in [-0.1, -0.05) is 0 Å². The Morgan fingerprint density at radius 1 is 1.21 bits per heavy atom. The third kappa shape index (κ3) is 3.98. The number of fused-ring (bicyclic) bond motifs is 1. The molecule has 1 fully saturated rings. The van der Waals surface area contributed by atoms with Gasteiger partial charge < -0.3 is 14.5 Å². The number of aromatic nitrogens is 4. The maximum Gasteiger partial charge on any atom is 0.410 e. The number of aromatic amines is 1. The van der Waals surface area contributed by atoms with E-state index in [4.69, 9.17) is 4.74 Å². The molecular formula is C19H30N6O3. The van der Waals surface area contributed by atoms with Crippen LogP contribution in [0.5, 0.6) is 0 Å². The molecule has 9 nitrogen and oxygen atoms in total. The van der Waals surface area contributed by atoms with Crippen LogP contribution >= 0.6 is 0 Å². The third-order valence-electron chi connectivity index (χ3n) is 4.62. The molecule has 1 aliphatic heterocycles. The number of ether oxygens (including phenoxy) is 1. The van der Waals surface area contributed by atoms with E-state index >= 15 is 0 Å². The van der Waals surface area contributed by atoms with E-state index in [-0.39, 0.29) is 23.2 Å². The van der Waals surface area contributed by atoms with Gasteiger partial charge in [0.15, 0.2) is 5.65 Å². The van der Waals surface area contributed by atoms with Crippen LogP contribution in [0.3, 0.4) is 0 Å². The average molecular weight is 390 g/mol. The molecule has 2 aromatic rings. The Hall–Kier alpha value is -2.58. The van der Waals surface area contributed by atoms with Gasteiger partial charge in [-0.2, -0.15) is 10.1 Å². The minimum absolute atomic E-state index is 0.0721. The lowest BCUT2D eigenvalue weighted by Crippen LogP contribution is -2.55. The molecule has 1 saturated heterocycles. The highest BCUT2D eigenvalue weighted by molar-refractivity contribution is 5.75. The van der Waals surface area contributed by atoms with Crippen molar-refractivity contribution in [2.24, 2.45) is 0 Å². The smallest absolute Gasteiger partial charge is 0.410 e. The summed E-state index contributed by atoms with van der Waals surface area (Å²) < 4.78 is 7.26. The van der Waals surface area contributed by atoms with E-state index < -0.39 is 5.60 Å². The van der Waals surface area contributed by atoms with Gasteiger partial charge in [-0.15, -0.1) is 0 Å². The summed E-state index contributed by atoms with van der Waals surface area (Å²) in [5, 5.41) is 4.82. The molecule has 0 aromatic carbocycles. The molecular weight excluding hydrogens is 360 g/mol. The SMILES string of the molecule is C[C@@H]1CN(c2nc3c(cnn3C(C)(C)C)c(=O)[nH]2)CCN1C(=O)OC(C)(C)C. The quantitative estimate of drug-likeness (QED) is 0.803. The summed E-state index contributed by atoms with van der Waals surface area (Å²) in [6.45, 7) is 15.2. The van der Waals surface area contributed by atoms with Gasteiger partial charge in [0.1, 0.15) is 11.0 Å². The highest BCUT2D eigenvalue weighted by Crippen LogP contribution is 2.22. The van der Waals surface area contributed by atoms with Crippen molar-refractivity contribution < 1.29 is 9.53 Å². The summed E-state index contributed by atoms with van der Waals surface area (Å²) in [4.78, 5) is 36.2. The van der Waals surface area contributed by atoms with E-state index in [1.165, 1.54) is 0 Å². The molecule has 1 atom stereocenters. The van der Waals surface area contributed by atoms with E-state index in [2.05, 4.69) is 15.1 Å². The molecule has 3 heterocycles. The summed E-state index contributed by atoms with van der Waals surface area (Å²) in [6.07, 6.45) is 1.24. The zero-order valence-electron chi connectivity index (χ0n) is 17.7. The van der Waals surface area contributed by atoms with E-state index in [0.717, 1.165) is 0 Å². The Balaban J connectivity index is 1.85. The normalized spacial score (nSPS) is 18.6. The van der Waals surface area contributed by atoms with Crippen LogP contribution in [-0.4, -0.2) is 62.0 Å². The summed E-state index contributed by atoms with van der Waals surface area (Å²) >= 11 is 0. The molecule has 2 aromatic heterocycles. The number of hydrogen-bond acceptors (Lipinski definition) is 6. The maximum atomic E-state index is 12.5. The molecule has 1 N–H and O–H groups in total. The van der Waals surface area contributed by atoms with Crippen molar-refractivity contribution in [3.63, 3.8) is 0 Å². The molecule has 0 bridgehead atoms. The standard InChI is InChI=1S/C19H30N6O3/c1-12-11-23(8-9-24(12)17(27)28-19(5,6)7)16-21-14-13(15(26)22-16)10-20-25(14)18(2,3)4/h10,12H,8-9,11H2,1-7H3,(H,21,22,26)/t12-/m1/s1. The van der Waals surface area contributed by atoms with Crippen LogP contribution in [-0.2, 0) is 10.3 Å². The Bertz CT molecular complexity index is 934. The Labute approximate surface area is 164 Å². The summed E-state index contributed by atoms with van der Waals surface area (Å²) in [7, 11) is 0. The van der Waals surface area contributed by atoms with Crippen molar-refractivity contribution in [1.82, 2.24) is 24.6 Å². The number of anilines is 1. The van der Waals surface area contributed by atoms with Crippen molar-refractivity contribution >= 4 is 23.1 Å². The first-order valence-corrected chi connectivity index (χ1v) is 9.60. The van der Waals surface area contributed by atoms with Crippen molar-refractivity contribution in [3.05, 3.63) is 16.6 Å². The van der Waals surface area contributed by atoms with Crippen molar-refractivity contribution in [2.75, 3.05) is 24.5 Å². The fraction of sp³-hybridized carbons (Fsp3) is 0.684. The van der Waals surface area contributed by atoms with Gasteiger partial charge in [0.25, 0.3) is 5.56 Å². The van der Waals surface area contributed by atoms with Crippen LogP contribution < -0.4 is 10.5 Å². The molecule has 1 amide bonds. The van der Waals surface area contributed by atoms with Gasteiger partial charge in [0.2, 0.25) is 5.95 Å². The number of nitrogens with one attached hydrogen (secondary N) is 1. The topological polar surface area (TPSA) is 96.4 Å². The Morgan fingerprint density at radius 2 is 1.89 bits per heavy atom. The average Bonchev–Trinajstić information content (AvgIpc) is 2.97. The fourth-order valence-electron chi connectivity index (χ4n) is 3.29. The number of rotatable bonds is 1. The minimum Gasteiger partial charge on any atom is -0.444 e. The Kier molecular flexibility index (Phi) is 4.89. The first-order valence-electron chi connectivity index (χ1n) is 9.60. The lowest BCUT2D eigenvalue weighted by Gasteiger charge is -2.40. The molecule has 0 radical (unpaired) electrons. The van der Waals surface area contributed by atoms with Gasteiger partial charge in [-0.05, 0) is 48.5 Å². The molecule has 0 aliphatic carbocycles. The number of piperazine rings is 1. The summed E-state index contributed by atoms with van der Waals surface area (Å²) in [5.74, 6) is 0.499. The highest BCUT2D eigenvalue weighted by atomic mass is 16.6. The van der Waals surface area contributed by atoms with E-state index in [1.54, 1.807) is 15.8 Å². The number of carbonyl (C=O) groups excluding carboxylic acids is 1. The minimum atomic E-state index is -0.531. The van der Waals surface area contributed by atoms with Crippen molar-refractivity contribution in [1.29, 1.82) is 0 Å². The second kappa shape index (κ2) is 6.79. The van der Waals surface area contributed by atoms with Crippen LogP contribution in [0.2, 0.25) is 0 Å². The van der Waals surface area contributed by atoms with Gasteiger partial charge in [0, 0.05) is 25.7 Å². The Morgan fingerprint density at radius 3 is 2.46 bits per heavy atom. The predicted octanol–water partition coefficient (Wildman–Crippen LogP) is 2.32. The second-order valence-electron chi connectivity index (χ2n) is 9.32. The van der Waals surface area contributed by atoms with Crippen LogP contribution in [0.1, 0.15) is 48.5 Å². The second-order valence-corrected chi connectivity index (χ2v) is 9.32. The molecule has 0 unspecified atom stereocenters. The van der Waals surface area contributed by atoms with Gasteiger partial charge in [0.05, 0.1) is 11.7 Å². The van der Waals surface area contributed by atoms with Gasteiger partial charge in [-0.3, -0.25) is 9.78 Å². The number of hydrogen-bond donors (Lipinski definition) is 1. The number of nitrogens with zero attached hydrogens (tertiary/aromatic N) is 5. The first kappa shape index (κ1) is 20.2. The zero-order valence-corrected chi connectivity index (χ0v) is 17.7. The van der Waals surface area contributed by atoms with Crippen molar-refractivity contribution in [2.45, 2.75) is 65.6 Å². The predicted molar refractivity (Wildman–Crippen MR) is 108 cm³/mol. The van der Waals surface area contributed by atoms with Crippen LogP contribution in [0.25, 0.3) is 11.0 Å². The molecule has 154 valence electrons. The van der Waals surface area contributed by atoms with Gasteiger partial charge in [-0.25, -0.2) is 9.48 Å². The van der Waals surface area contributed by atoms with E-state index in [0.29, 0.717) is 36.6 Å². The fourth-order valence-corrected chi connectivity index (χ4v) is 3.29. The van der Waals surface area contributed by atoms with Crippen LogP contribution in [0, 0.1) is 0 Å². The lowest BCUT2D eigenvalue weighted by molar-refractivity contribution is 0.0158. The lowest BCUT2D eigenvalue weighted by atomic mass is 10.1. The highest BCUT2D eigenvalue weighted by Gasteiger charge is 2.32. The monoisotopic (exact) mass is 390 g/mol. The van der Waals surface area contributed by atoms with E-state index in [1.807, 2.05) is 53.4 Å². The van der Waals surface area contributed by atoms with E-state index in [9.17, 15) is 9.59 Å². The number of amides is 1. The number of H-pyrrole nitrogens is 1. The van der Waals surface area contributed by atoms with Crippen LogP contribution in [0.4, 0.5) is 10.7 Å². The first-order chi connectivity index (χ1) is 12.9. The summed E-state index contributed by atoms with van der Waals surface area (Å²) in [6, 6.07) is -0.0721. The largest absolute Gasteiger partial charge is 0.444 e. The molecule has 0 spiro atoms. The zero-order chi connectivity index (χ0) is 20.9. The molecule has 28 heavy (non-hydrogen) atoms. The molecule has 9 heteroatoms. The van der Waals surface area contributed by atoms with Crippen LogP contribution in [0.15, 0.2) is 11.0 Å². The molecule has 0 saturated carbocycles. The third-order valence-corrected chi connectivity index (χ3v) is 4.62. The molecule has 1 aliphatic rings.